The van der Waals surface area contributed by atoms with Crippen LogP contribution in [0, 0.1) is 0 Å². The molecule has 2 aromatic carbocycles. The van der Waals surface area contributed by atoms with E-state index >= 15 is 0 Å². The van der Waals surface area contributed by atoms with Gasteiger partial charge >= 0.3 is 0 Å². The summed E-state index contributed by atoms with van der Waals surface area (Å²) in [6, 6.07) is 17.7. The van der Waals surface area contributed by atoms with Crippen LogP contribution >= 0.6 is 34.7 Å². The summed E-state index contributed by atoms with van der Waals surface area (Å²) in [5, 5.41) is 11.8. The van der Waals surface area contributed by atoms with Crippen LogP contribution in [0.5, 0.6) is 0 Å². The number of thioether (sulfide) groups is 1. The average molecular weight is 385 g/mol. The van der Waals surface area contributed by atoms with Crippen molar-refractivity contribution in [2.75, 3.05) is 0 Å². The standard InChI is InChI=1S/C18H13ClN4S2/c19-14-8-6-13(7-9-14)17-20-15(10-24-17)11-25-18-21-16(22-23-18)12-4-2-1-3-5-12/h1-10H,11H2,(H,21,22,23). The third-order valence-electron chi connectivity index (χ3n) is 3.50. The lowest BCUT2D eigenvalue weighted by atomic mass is 10.2. The molecule has 0 aliphatic carbocycles. The minimum absolute atomic E-state index is 0.722. The van der Waals surface area contributed by atoms with Crippen molar-refractivity contribution in [3.63, 3.8) is 0 Å². The quantitative estimate of drug-likeness (QED) is 0.459. The first-order valence-electron chi connectivity index (χ1n) is 7.59. The number of aromatic amines is 1. The van der Waals surface area contributed by atoms with Crippen molar-refractivity contribution in [1.82, 2.24) is 20.2 Å². The maximum absolute atomic E-state index is 5.93. The van der Waals surface area contributed by atoms with Crippen molar-refractivity contribution in [3.05, 3.63) is 70.7 Å². The van der Waals surface area contributed by atoms with Gasteiger partial charge in [0.2, 0.25) is 5.16 Å². The monoisotopic (exact) mass is 384 g/mol. The lowest BCUT2D eigenvalue weighted by Crippen LogP contribution is -1.83. The fourth-order valence-corrected chi connectivity index (χ4v) is 4.02. The van der Waals surface area contributed by atoms with Crippen LogP contribution < -0.4 is 0 Å². The number of benzene rings is 2. The summed E-state index contributed by atoms with van der Waals surface area (Å²) in [6.07, 6.45) is 0. The molecule has 0 aliphatic rings. The van der Waals surface area contributed by atoms with Crippen molar-refractivity contribution >= 4 is 34.7 Å². The van der Waals surface area contributed by atoms with E-state index in [0.717, 1.165) is 43.6 Å². The number of hydrogen-bond donors (Lipinski definition) is 1. The van der Waals surface area contributed by atoms with Crippen LogP contribution in [0.4, 0.5) is 0 Å². The Morgan fingerprint density at radius 1 is 0.960 bits per heavy atom. The number of aromatic nitrogens is 4. The first-order valence-corrected chi connectivity index (χ1v) is 9.83. The predicted octanol–water partition coefficient (Wildman–Crippen LogP) is 5.54. The van der Waals surface area contributed by atoms with Crippen LogP contribution in [-0.2, 0) is 5.75 Å². The molecule has 2 heterocycles. The van der Waals surface area contributed by atoms with Crippen molar-refractivity contribution in [2.45, 2.75) is 10.9 Å². The number of H-pyrrole nitrogens is 1. The van der Waals surface area contributed by atoms with Crippen molar-refractivity contribution in [2.24, 2.45) is 0 Å². The summed E-state index contributed by atoms with van der Waals surface area (Å²) in [5.74, 6) is 1.51. The Labute approximate surface area is 158 Å². The summed E-state index contributed by atoms with van der Waals surface area (Å²) in [4.78, 5) is 9.21. The van der Waals surface area contributed by atoms with Crippen LogP contribution in [0.3, 0.4) is 0 Å². The Morgan fingerprint density at radius 3 is 2.56 bits per heavy atom. The number of rotatable bonds is 5. The molecule has 0 amide bonds. The van der Waals surface area contributed by atoms with E-state index < -0.39 is 0 Å². The molecule has 4 aromatic rings. The van der Waals surface area contributed by atoms with Crippen molar-refractivity contribution < 1.29 is 0 Å². The Morgan fingerprint density at radius 2 is 1.76 bits per heavy atom. The van der Waals surface area contributed by atoms with Gasteiger partial charge in [0, 0.05) is 27.3 Å². The van der Waals surface area contributed by atoms with Crippen LogP contribution in [0.15, 0.2) is 65.1 Å². The summed E-state index contributed by atoms with van der Waals surface area (Å²) >= 11 is 9.13. The molecule has 0 spiro atoms. The van der Waals surface area contributed by atoms with Crippen LogP contribution in [0.25, 0.3) is 22.0 Å². The Hall–Kier alpha value is -2.15. The second-order valence-electron chi connectivity index (χ2n) is 5.27. The van der Waals surface area contributed by atoms with E-state index in [9.17, 15) is 0 Å². The molecule has 0 saturated heterocycles. The van der Waals surface area contributed by atoms with Gasteiger partial charge in [0.1, 0.15) is 5.01 Å². The van der Waals surface area contributed by atoms with E-state index in [-0.39, 0.29) is 0 Å². The molecule has 0 aliphatic heterocycles. The third-order valence-corrected chi connectivity index (χ3v) is 5.58. The fourth-order valence-electron chi connectivity index (χ4n) is 2.27. The summed E-state index contributed by atoms with van der Waals surface area (Å²) in [6.45, 7) is 0. The molecule has 4 rings (SSSR count). The maximum Gasteiger partial charge on any atom is 0.209 e. The Balaban J connectivity index is 1.42. The van der Waals surface area contributed by atoms with Crippen LogP contribution in [0.2, 0.25) is 5.02 Å². The van der Waals surface area contributed by atoms with Gasteiger partial charge in [-0.2, -0.15) is 0 Å². The van der Waals surface area contributed by atoms with Gasteiger partial charge in [0.25, 0.3) is 0 Å². The first-order chi connectivity index (χ1) is 12.3. The second kappa shape index (κ2) is 7.39. The molecule has 7 heteroatoms. The van der Waals surface area contributed by atoms with Gasteiger partial charge in [-0.25, -0.2) is 9.97 Å². The van der Waals surface area contributed by atoms with E-state index in [2.05, 4.69) is 25.5 Å². The molecular weight excluding hydrogens is 372 g/mol. The largest absolute Gasteiger partial charge is 0.258 e. The summed E-state index contributed by atoms with van der Waals surface area (Å²) < 4.78 is 0. The first kappa shape index (κ1) is 16.3. The predicted molar refractivity (Wildman–Crippen MR) is 104 cm³/mol. The SMILES string of the molecule is Clc1ccc(-c2nc(CSc3n[nH]c(-c4ccccc4)n3)cs2)cc1. The molecule has 1 N–H and O–H groups in total. The average Bonchev–Trinajstić information content (AvgIpc) is 3.31. The van der Waals surface area contributed by atoms with Gasteiger partial charge in [-0.05, 0) is 12.1 Å². The minimum Gasteiger partial charge on any atom is -0.258 e. The highest BCUT2D eigenvalue weighted by molar-refractivity contribution is 7.98. The van der Waals surface area contributed by atoms with E-state index in [1.165, 1.54) is 0 Å². The smallest absolute Gasteiger partial charge is 0.209 e. The number of hydrogen-bond acceptors (Lipinski definition) is 5. The number of nitrogens with one attached hydrogen (secondary N) is 1. The highest BCUT2D eigenvalue weighted by Crippen LogP contribution is 2.28. The van der Waals surface area contributed by atoms with E-state index in [0.29, 0.717) is 0 Å². The molecule has 25 heavy (non-hydrogen) atoms. The van der Waals surface area contributed by atoms with Gasteiger partial charge in [-0.1, -0.05) is 65.8 Å². The zero-order valence-electron chi connectivity index (χ0n) is 13.0. The normalized spacial score (nSPS) is 10.9. The zero-order valence-corrected chi connectivity index (χ0v) is 15.4. The van der Waals surface area contributed by atoms with Gasteiger partial charge in [0.05, 0.1) is 5.69 Å². The van der Waals surface area contributed by atoms with E-state index in [1.807, 2.05) is 54.6 Å². The second-order valence-corrected chi connectivity index (χ2v) is 7.51. The Bertz CT molecular complexity index is 964. The van der Waals surface area contributed by atoms with E-state index in [4.69, 9.17) is 11.6 Å². The molecular formula is C18H13ClN4S2. The topological polar surface area (TPSA) is 54.5 Å². The number of nitrogens with zero attached hydrogens (tertiary/aromatic N) is 3. The molecule has 0 atom stereocenters. The molecule has 2 aromatic heterocycles. The highest BCUT2D eigenvalue weighted by atomic mass is 35.5. The molecule has 0 saturated carbocycles. The van der Waals surface area contributed by atoms with Crippen molar-refractivity contribution in [3.8, 4) is 22.0 Å². The molecule has 0 bridgehead atoms. The van der Waals surface area contributed by atoms with Gasteiger partial charge in [-0.3, -0.25) is 5.10 Å². The Kier molecular flexibility index (Phi) is 4.83. The molecule has 4 nitrogen and oxygen atoms in total. The summed E-state index contributed by atoms with van der Waals surface area (Å²) in [7, 11) is 0. The molecule has 0 radical (unpaired) electrons. The molecule has 0 unspecified atom stereocenters. The summed E-state index contributed by atoms with van der Waals surface area (Å²) in [5.41, 5.74) is 3.13. The van der Waals surface area contributed by atoms with Gasteiger partial charge < -0.3 is 0 Å². The van der Waals surface area contributed by atoms with Gasteiger partial charge in [-0.15, -0.1) is 16.4 Å². The number of thiazole rings is 1. The fraction of sp³-hybridized carbons (Fsp3) is 0.0556. The maximum atomic E-state index is 5.93. The van der Waals surface area contributed by atoms with Crippen molar-refractivity contribution in [1.29, 1.82) is 0 Å². The lowest BCUT2D eigenvalue weighted by molar-refractivity contribution is 0.972. The number of halogens is 1. The van der Waals surface area contributed by atoms with Crippen LogP contribution in [0.1, 0.15) is 5.69 Å². The molecule has 0 fully saturated rings. The highest BCUT2D eigenvalue weighted by Gasteiger charge is 2.09. The van der Waals surface area contributed by atoms with Crippen LogP contribution in [-0.4, -0.2) is 20.2 Å². The zero-order chi connectivity index (χ0) is 17.1. The minimum atomic E-state index is 0.722. The van der Waals surface area contributed by atoms with E-state index in [1.54, 1.807) is 23.1 Å². The third kappa shape index (κ3) is 3.92. The lowest BCUT2D eigenvalue weighted by Gasteiger charge is -1.96. The van der Waals surface area contributed by atoms with Gasteiger partial charge in [0.15, 0.2) is 5.82 Å². The molecule has 124 valence electrons.